The highest BCUT2D eigenvalue weighted by atomic mass is 35.5. The Morgan fingerprint density at radius 3 is 2.68 bits per heavy atom. The molecule has 28 heavy (non-hydrogen) atoms. The number of amidine groups is 1. The Labute approximate surface area is 175 Å². The molecular weight excluding hydrogens is 423 g/mol. The van der Waals surface area contributed by atoms with E-state index in [0.29, 0.717) is 31.6 Å². The minimum absolute atomic E-state index is 0.0681. The zero-order valence-electron chi connectivity index (χ0n) is 14.3. The number of rotatable bonds is 6. The maximum absolute atomic E-state index is 12.2. The highest BCUT2D eigenvalue weighted by Gasteiger charge is 2.24. The number of carbonyl (C=O) groups excluding carboxylic acids is 1. The zero-order valence-corrected chi connectivity index (χ0v) is 16.6. The Kier molecular flexibility index (Phi) is 6.61. The number of benzene rings is 2. The summed E-state index contributed by atoms with van der Waals surface area (Å²) in [5.74, 6) is -0.615. The maximum atomic E-state index is 12.2. The van der Waals surface area contributed by atoms with Crippen molar-refractivity contribution in [2.75, 3.05) is 6.61 Å². The lowest BCUT2D eigenvalue weighted by Crippen LogP contribution is -2.19. The van der Waals surface area contributed by atoms with E-state index in [-0.39, 0.29) is 18.9 Å². The fourth-order valence-corrected chi connectivity index (χ4v) is 3.41. The van der Waals surface area contributed by atoms with Crippen molar-refractivity contribution in [3.8, 4) is 5.75 Å². The molecule has 2 N–H and O–H groups in total. The van der Waals surface area contributed by atoms with Crippen LogP contribution in [0.1, 0.15) is 12.0 Å². The Balaban J connectivity index is 1.69. The molecule has 1 saturated heterocycles. The van der Waals surface area contributed by atoms with Gasteiger partial charge in [0, 0.05) is 0 Å². The first kappa shape index (κ1) is 20.3. The van der Waals surface area contributed by atoms with Gasteiger partial charge < -0.3 is 15.2 Å². The molecule has 0 aromatic heterocycles. The van der Waals surface area contributed by atoms with Crippen molar-refractivity contribution in [1.82, 2.24) is 5.32 Å². The fraction of sp³-hybridized carbons (Fsp3) is 0.105. The van der Waals surface area contributed by atoms with Crippen molar-refractivity contribution in [2.45, 2.75) is 6.42 Å². The van der Waals surface area contributed by atoms with Crippen molar-refractivity contribution < 1.29 is 19.4 Å². The van der Waals surface area contributed by atoms with Crippen LogP contribution >= 0.6 is 35.0 Å². The highest BCUT2D eigenvalue weighted by Crippen LogP contribution is 2.34. The predicted molar refractivity (Wildman–Crippen MR) is 111 cm³/mol. The van der Waals surface area contributed by atoms with Crippen LogP contribution in [0.5, 0.6) is 5.75 Å². The number of ether oxygens (including phenoxy) is 1. The topological polar surface area (TPSA) is 88.0 Å². The minimum Gasteiger partial charge on any atom is -0.493 e. The van der Waals surface area contributed by atoms with E-state index in [1.807, 2.05) is 0 Å². The number of hydrogen-bond acceptors (Lipinski definition) is 5. The normalized spacial score (nSPS) is 16.4. The molecule has 0 aliphatic carbocycles. The summed E-state index contributed by atoms with van der Waals surface area (Å²) in [6.07, 6.45) is 1.66. The van der Waals surface area contributed by atoms with Crippen LogP contribution in [0.25, 0.3) is 6.08 Å². The molecule has 2 aromatic rings. The number of aliphatic carboxylic acids is 1. The molecule has 1 fully saturated rings. The van der Waals surface area contributed by atoms with Crippen LogP contribution in [0, 0.1) is 0 Å². The number of amides is 1. The van der Waals surface area contributed by atoms with Crippen molar-refractivity contribution in [1.29, 1.82) is 0 Å². The van der Waals surface area contributed by atoms with Crippen LogP contribution < -0.4 is 10.1 Å². The number of halogens is 2. The van der Waals surface area contributed by atoms with Crippen LogP contribution in [0.4, 0.5) is 5.69 Å². The molecule has 0 saturated carbocycles. The Hall–Kier alpha value is -2.48. The van der Waals surface area contributed by atoms with Gasteiger partial charge >= 0.3 is 5.97 Å². The fourth-order valence-electron chi connectivity index (χ4n) is 2.24. The SMILES string of the molecule is O=C(O)CCOc1ccc(/C=C2/SC(=Nc3cccc(Cl)c3Cl)NC2=O)cc1. The third-order valence-corrected chi connectivity index (χ3v) is 5.29. The largest absolute Gasteiger partial charge is 0.493 e. The monoisotopic (exact) mass is 436 g/mol. The number of aliphatic imine (C=N–C) groups is 1. The van der Waals surface area contributed by atoms with Gasteiger partial charge in [0.25, 0.3) is 5.91 Å². The summed E-state index contributed by atoms with van der Waals surface area (Å²) in [7, 11) is 0. The molecule has 0 bridgehead atoms. The Morgan fingerprint density at radius 2 is 1.96 bits per heavy atom. The molecule has 1 amide bonds. The molecule has 0 radical (unpaired) electrons. The molecule has 2 aromatic carbocycles. The molecule has 0 atom stereocenters. The molecule has 1 aliphatic rings. The molecule has 3 rings (SSSR count). The van der Waals surface area contributed by atoms with Crippen molar-refractivity contribution in [3.05, 3.63) is 63.0 Å². The van der Waals surface area contributed by atoms with Crippen LogP contribution in [-0.4, -0.2) is 28.8 Å². The minimum atomic E-state index is -0.915. The second kappa shape index (κ2) is 9.14. The second-order valence-electron chi connectivity index (χ2n) is 5.62. The van der Waals surface area contributed by atoms with E-state index < -0.39 is 5.97 Å². The van der Waals surface area contributed by atoms with Gasteiger partial charge in [-0.25, -0.2) is 4.99 Å². The van der Waals surface area contributed by atoms with Crippen LogP contribution in [0.15, 0.2) is 52.4 Å². The van der Waals surface area contributed by atoms with Gasteiger partial charge in [-0.3, -0.25) is 9.59 Å². The van der Waals surface area contributed by atoms with E-state index in [4.69, 9.17) is 33.0 Å². The number of carboxylic acid groups (broad SMARTS) is 1. The smallest absolute Gasteiger partial charge is 0.306 e. The summed E-state index contributed by atoms with van der Waals surface area (Å²) in [6, 6.07) is 12.1. The van der Waals surface area contributed by atoms with Gasteiger partial charge in [0.05, 0.1) is 33.7 Å². The predicted octanol–water partition coefficient (Wildman–Crippen LogP) is 4.74. The van der Waals surface area contributed by atoms with Crippen LogP contribution in [0.2, 0.25) is 10.0 Å². The van der Waals surface area contributed by atoms with Crippen molar-refractivity contribution >= 4 is 63.8 Å². The molecule has 144 valence electrons. The van der Waals surface area contributed by atoms with Crippen molar-refractivity contribution in [3.63, 3.8) is 0 Å². The van der Waals surface area contributed by atoms with Gasteiger partial charge in [-0.15, -0.1) is 0 Å². The van der Waals surface area contributed by atoms with E-state index in [1.165, 1.54) is 11.8 Å². The van der Waals surface area contributed by atoms with Gasteiger partial charge in [0.2, 0.25) is 0 Å². The highest BCUT2D eigenvalue weighted by molar-refractivity contribution is 8.18. The van der Waals surface area contributed by atoms with Gasteiger partial charge in [-0.1, -0.05) is 41.4 Å². The summed E-state index contributed by atoms with van der Waals surface area (Å²) in [5.41, 5.74) is 1.27. The number of carboxylic acids is 1. The molecule has 0 unspecified atom stereocenters. The zero-order chi connectivity index (χ0) is 20.1. The first-order valence-corrected chi connectivity index (χ1v) is 9.68. The van der Waals surface area contributed by atoms with Crippen molar-refractivity contribution in [2.24, 2.45) is 4.99 Å². The summed E-state index contributed by atoms with van der Waals surface area (Å²) in [6.45, 7) is 0.0971. The van der Waals surface area contributed by atoms with E-state index >= 15 is 0 Å². The molecule has 1 aliphatic heterocycles. The average Bonchev–Trinajstić information content (AvgIpc) is 2.99. The van der Waals surface area contributed by atoms with E-state index in [0.717, 1.165) is 5.56 Å². The van der Waals surface area contributed by atoms with Gasteiger partial charge in [0.15, 0.2) is 5.17 Å². The molecule has 1 heterocycles. The standard InChI is InChI=1S/C19H14Cl2N2O4S/c20-13-2-1-3-14(17(13)21)22-19-23-18(26)15(28-19)10-11-4-6-12(7-5-11)27-9-8-16(24)25/h1-7,10H,8-9H2,(H,24,25)(H,22,23,26)/b15-10+. The summed E-state index contributed by atoms with van der Waals surface area (Å²) < 4.78 is 5.34. The average molecular weight is 437 g/mol. The lowest BCUT2D eigenvalue weighted by atomic mass is 10.2. The van der Waals surface area contributed by atoms with E-state index in [1.54, 1.807) is 48.5 Å². The lowest BCUT2D eigenvalue weighted by Gasteiger charge is -2.04. The van der Waals surface area contributed by atoms with Crippen LogP contribution in [-0.2, 0) is 9.59 Å². The second-order valence-corrected chi connectivity index (χ2v) is 7.43. The first-order valence-electron chi connectivity index (χ1n) is 8.10. The van der Waals surface area contributed by atoms with E-state index in [9.17, 15) is 9.59 Å². The number of nitrogens with one attached hydrogen (secondary N) is 1. The Morgan fingerprint density at radius 1 is 1.21 bits per heavy atom. The molecule has 0 spiro atoms. The number of nitrogens with zero attached hydrogens (tertiary/aromatic N) is 1. The molecule has 6 nitrogen and oxygen atoms in total. The number of thioether (sulfide) groups is 1. The Bertz CT molecular complexity index is 974. The third-order valence-electron chi connectivity index (χ3n) is 3.57. The number of hydrogen-bond donors (Lipinski definition) is 2. The maximum Gasteiger partial charge on any atom is 0.306 e. The summed E-state index contributed by atoms with van der Waals surface area (Å²) in [4.78, 5) is 27.5. The lowest BCUT2D eigenvalue weighted by molar-refractivity contribution is -0.137. The summed E-state index contributed by atoms with van der Waals surface area (Å²) >= 11 is 13.3. The van der Waals surface area contributed by atoms with Gasteiger partial charge in [-0.05, 0) is 47.7 Å². The third kappa shape index (κ3) is 5.28. The number of carbonyl (C=O) groups is 2. The van der Waals surface area contributed by atoms with E-state index in [2.05, 4.69) is 10.3 Å². The quantitative estimate of drug-likeness (QED) is 0.638. The van der Waals surface area contributed by atoms with Gasteiger partial charge in [0.1, 0.15) is 5.75 Å². The summed E-state index contributed by atoms with van der Waals surface area (Å²) in [5, 5.41) is 12.4. The first-order chi connectivity index (χ1) is 13.4. The van der Waals surface area contributed by atoms with Crippen LogP contribution in [0.3, 0.4) is 0 Å². The molecular formula is C19H14Cl2N2O4S. The van der Waals surface area contributed by atoms with Gasteiger partial charge in [-0.2, -0.15) is 0 Å². The molecule has 9 heteroatoms.